The van der Waals surface area contributed by atoms with E-state index in [1.54, 1.807) is 12.1 Å². The molecule has 1 atom stereocenters. The van der Waals surface area contributed by atoms with E-state index in [-0.39, 0.29) is 10.9 Å². The molecule has 6 aromatic rings. The third-order valence-electron chi connectivity index (χ3n) is 9.92. The van der Waals surface area contributed by atoms with Gasteiger partial charge in [0, 0.05) is 46.9 Å². The molecule has 2 aliphatic rings. The van der Waals surface area contributed by atoms with Crippen LogP contribution in [-0.4, -0.2) is 41.5 Å². The summed E-state index contributed by atoms with van der Waals surface area (Å²) < 4.78 is 36.8. The predicted molar refractivity (Wildman–Crippen MR) is 208 cm³/mol. The third-order valence-corrected chi connectivity index (χ3v) is 12.4. The molecule has 0 amide bonds. The summed E-state index contributed by atoms with van der Waals surface area (Å²) in [5, 5.41) is 1.59. The van der Waals surface area contributed by atoms with E-state index in [1.165, 1.54) is 20.7 Å². The highest BCUT2D eigenvalue weighted by atomic mass is 79.9. The minimum Gasteiger partial charge on any atom is -0.487 e. The van der Waals surface area contributed by atoms with Gasteiger partial charge in [-0.1, -0.05) is 108 Å². The van der Waals surface area contributed by atoms with Gasteiger partial charge in [0.05, 0.1) is 27.3 Å². The average molecular weight is 779 g/mol. The van der Waals surface area contributed by atoms with Crippen molar-refractivity contribution in [2.45, 2.75) is 43.8 Å². The van der Waals surface area contributed by atoms with Crippen LogP contribution in [0.5, 0.6) is 5.75 Å². The van der Waals surface area contributed by atoms with Crippen molar-refractivity contribution < 1.29 is 13.2 Å². The Hall–Kier alpha value is -4.34. The second-order valence-electron chi connectivity index (χ2n) is 13.3. The van der Waals surface area contributed by atoms with Crippen LogP contribution < -0.4 is 4.74 Å². The molecular formula is C42H37BrClN3O3S. The van der Waals surface area contributed by atoms with Crippen LogP contribution in [0.1, 0.15) is 34.2 Å². The second kappa shape index (κ2) is 14.0. The molecular weight excluding hydrogens is 742 g/mol. The van der Waals surface area contributed by atoms with Gasteiger partial charge in [-0.2, -0.15) is 0 Å². The highest BCUT2D eigenvalue weighted by Gasteiger charge is 2.38. The summed E-state index contributed by atoms with van der Waals surface area (Å²) in [5.74, 6) is 0.802. The fraction of sp³-hybridized carbons (Fsp3) is 0.190. The zero-order valence-electron chi connectivity index (χ0n) is 28.2. The summed E-state index contributed by atoms with van der Waals surface area (Å²) in [6.45, 7) is 4.57. The van der Waals surface area contributed by atoms with Gasteiger partial charge in [0.1, 0.15) is 12.4 Å². The molecule has 258 valence electrons. The maximum Gasteiger partial charge on any atom is 0.268 e. The van der Waals surface area contributed by atoms with Crippen molar-refractivity contribution >= 4 is 54.2 Å². The van der Waals surface area contributed by atoms with Crippen molar-refractivity contribution in [3.63, 3.8) is 0 Å². The second-order valence-corrected chi connectivity index (χ2v) is 16.4. The molecule has 0 N–H and O–H groups in total. The molecule has 0 aliphatic carbocycles. The number of nitrogens with zero attached hydrogens (tertiary/aromatic N) is 3. The van der Waals surface area contributed by atoms with Crippen molar-refractivity contribution in [3.8, 4) is 5.75 Å². The lowest BCUT2D eigenvalue weighted by Gasteiger charge is -2.47. The number of rotatable bonds is 9. The zero-order chi connectivity index (χ0) is 35.1. The van der Waals surface area contributed by atoms with Crippen LogP contribution in [-0.2, 0) is 29.5 Å². The topological polar surface area (TPSA) is 54.8 Å². The van der Waals surface area contributed by atoms with E-state index in [2.05, 4.69) is 74.3 Å². The normalized spacial score (nSPS) is 16.2. The number of hydrogen-bond donors (Lipinski definition) is 0. The maximum absolute atomic E-state index is 14.0. The number of aryl methyl sites for hydroxylation is 2. The molecule has 0 fully saturated rings. The van der Waals surface area contributed by atoms with Gasteiger partial charge in [0.2, 0.25) is 0 Å². The van der Waals surface area contributed by atoms with Gasteiger partial charge < -0.3 is 9.64 Å². The highest BCUT2D eigenvalue weighted by molar-refractivity contribution is 9.10. The Morgan fingerprint density at radius 2 is 1.51 bits per heavy atom. The molecule has 9 heteroatoms. The molecule has 0 saturated carbocycles. The Kier molecular flexibility index (Phi) is 9.27. The maximum atomic E-state index is 14.0. The first kappa shape index (κ1) is 33.8. The number of aromatic nitrogens is 1. The van der Waals surface area contributed by atoms with Crippen molar-refractivity contribution in [2.24, 2.45) is 0 Å². The molecule has 5 aromatic carbocycles. The minimum absolute atomic E-state index is 0.0222. The standard InChI is InChI=1S/C42H37BrClN3O3S/c1-29-16-19-34(20-17-29)51(48,49)47-26-32(35-14-8-9-15-40(35)47)18-21-39-37-27-50-42-36(22-33(44)23-38(42)43)41(37)46(25-31-12-6-3-7-13-31)28-45(39)24-30-10-4-2-5-11-30/h2-17,19-20,22-23,26,39H,18,21,24-25,27-28H2,1H3. The Balaban J connectivity index is 1.22. The Labute approximate surface area is 312 Å². The Morgan fingerprint density at radius 3 is 2.24 bits per heavy atom. The van der Waals surface area contributed by atoms with E-state index in [0.717, 1.165) is 57.5 Å². The fourth-order valence-electron chi connectivity index (χ4n) is 7.51. The molecule has 2 aliphatic heterocycles. The summed E-state index contributed by atoms with van der Waals surface area (Å²) in [4.78, 5) is 5.26. The first-order valence-electron chi connectivity index (χ1n) is 17.1. The van der Waals surface area contributed by atoms with Crippen LogP contribution >= 0.6 is 27.5 Å². The summed E-state index contributed by atoms with van der Waals surface area (Å²) in [7, 11) is -3.80. The van der Waals surface area contributed by atoms with Crippen molar-refractivity contribution in [1.82, 2.24) is 13.8 Å². The largest absolute Gasteiger partial charge is 0.487 e. The van der Waals surface area contributed by atoms with Crippen LogP contribution in [0.3, 0.4) is 0 Å². The van der Waals surface area contributed by atoms with Gasteiger partial charge in [-0.05, 0) is 82.7 Å². The van der Waals surface area contributed by atoms with Gasteiger partial charge >= 0.3 is 0 Å². The average Bonchev–Trinajstić information content (AvgIpc) is 3.51. The summed E-state index contributed by atoms with van der Waals surface area (Å²) >= 11 is 10.4. The van der Waals surface area contributed by atoms with E-state index in [1.807, 2.05) is 73.8 Å². The van der Waals surface area contributed by atoms with Gasteiger partial charge in [-0.15, -0.1) is 0 Å². The lowest BCUT2D eigenvalue weighted by atomic mass is 9.89. The van der Waals surface area contributed by atoms with E-state index in [4.69, 9.17) is 16.3 Å². The van der Waals surface area contributed by atoms with Crippen LogP contribution in [0.15, 0.2) is 142 Å². The summed E-state index contributed by atoms with van der Waals surface area (Å²) in [6.07, 6.45) is 3.27. The summed E-state index contributed by atoms with van der Waals surface area (Å²) in [5.41, 5.74) is 8.48. The lowest BCUT2D eigenvalue weighted by Crippen LogP contribution is -2.50. The molecule has 3 heterocycles. The van der Waals surface area contributed by atoms with Crippen molar-refractivity contribution in [3.05, 3.63) is 170 Å². The Bertz CT molecular complexity index is 2360. The fourth-order valence-corrected chi connectivity index (χ4v) is 9.83. The molecule has 0 bridgehead atoms. The first-order chi connectivity index (χ1) is 24.8. The SMILES string of the molecule is Cc1ccc(S(=O)(=O)n2cc(CCC3C4=C(c5cc(Cl)cc(Br)c5OC4)N(Cc4ccccc4)CN3Cc3ccccc3)c3ccccc32)cc1. The van der Waals surface area contributed by atoms with E-state index in [0.29, 0.717) is 30.2 Å². The molecule has 1 aromatic heterocycles. The summed E-state index contributed by atoms with van der Waals surface area (Å²) in [6, 6.07) is 39.9. The van der Waals surface area contributed by atoms with Crippen LogP contribution in [0.2, 0.25) is 5.02 Å². The van der Waals surface area contributed by atoms with E-state index < -0.39 is 10.0 Å². The molecule has 0 spiro atoms. The van der Waals surface area contributed by atoms with E-state index in [9.17, 15) is 8.42 Å². The van der Waals surface area contributed by atoms with Crippen LogP contribution in [0.4, 0.5) is 0 Å². The highest BCUT2D eigenvalue weighted by Crippen LogP contribution is 2.46. The van der Waals surface area contributed by atoms with Gasteiger partial charge in [-0.3, -0.25) is 4.90 Å². The third kappa shape index (κ3) is 6.62. The van der Waals surface area contributed by atoms with Crippen molar-refractivity contribution in [2.75, 3.05) is 13.3 Å². The molecule has 1 unspecified atom stereocenters. The number of benzene rings is 5. The quantitative estimate of drug-likeness (QED) is 0.146. The number of halogens is 2. The zero-order valence-corrected chi connectivity index (χ0v) is 31.3. The Morgan fingerprint density at radius 1 is 0.843 bits per heavy atom. The molecule has 6 nitrogen and oxygen atoms in total. The molecule has 51 heavy (non-hydrogen) atoms. The molecule has 0 saturated heterocycles. The number of ether oxygens (including phenoxy) is 1. The van der Waals surface area contributed by atoms with Crippen LogP contribution in [0.25, 0.3) is 16.6 Å². The van der Waals surface area contributed by atoms with Crippen LogP contribution in [0, 0.1) is 6.92 Å². The monoisotopic (exact) mass is 777 g/mol. The van der Waals surface area contributed by atoms with Crippen molar-refractivity contribution in [1.29, 1.82) is 0 Å². The minimum atomic E-state index is -3.80. The first-order valence-corrected chi connectivity index (χ1v) is 19.7. The van der Waals surface area contributed by atoms with E-state index >= 15 is 0 Å². The van der Waals surface area contributed by atoms with Gasteiger partial charge in [0.25, 0.3) is 10.0 Å². The number of para-hydroxylation sites is 1. The van der Waals surface area contributed by atoms with Gasteiger partial charge in [0.15, 0.2) is 0 Å². The number of fused-ring (bicyclic) bond motifs is 3. The smallest absolute Gasteiger partial charge is 0.268 e. The predicted octanol–water partition coefficient (Wildman–Crippen LogP) is 9.68. The number of hydrogen-bond acceptors (Lipinski definition) is 5. The van der Waals surface area contributed by atoms with Gasteiger partial charge in [-0.25, -0.2) is 12.4 Å². The molecule has 0 radical (unpaired) electrons. The molecule has 8 rings (SSSR count). The lowest BCUT2D eigenvalue weighted by molar-refractivity contribution is 0.0978.